The van der Waals surface area contributed by atoms with Gasteiger partial charge in [-0.3, -0.25) is 0 Å². The molecule has 0 spiro atoms. The number of carbonyl (C=O) groups excluding carboxylic acids is 2. The van der Waals surface area contributed by atoms with Gasteiger partial charge in [-0.1, -0.05) is 24.3 Å². The van der Waals surface area contributed by atoms with Crippen LogP contribution in [0.15, 0.2) is 48.5 Å². The third-order valence-corrected chi connectivity index (χ3v) is 3.88. The number of methoxy groups -OCH3 is 1. The second kappa shape index (κ2) is 5.46. The number of benzene rings is 2. The van der Waals surface area contributed by atoms with Crippen molar-refractivity contribution in [1.82, 2.24) is 4.65 Å². The summed E-state index contributed by atoms with van der Waals surface area (Å²) in [7, 11) is 1.63. The topological polar surface area (TPSA) is 63.6 Å². The Balaban J connectivity index is 1.98. The van der Waals surface area contributed by atoms with Crippen LogP contribution in [0.25, 0.3) is 0 Å². The Morgan fingerprint density at radius 1 is 0.955 bits per heavy atom. The van der Waals surface area contributed by atoms with Crippen LogP contribution < -0.4 is 4.65 Å². The molecule has 2 aromatic rings. The monoisotopic (exact) mass is 298 g/mol. The maximum Gasteiger partial charge on any atom is 0.392 e. The van der Waals surface area contributed by atoms with E-state index in [1.165, 1.54) is 0 Å². The van der Waals surface area contributed by atoms with E-state index in [2.05, 4.69) is 0 Å². The van der Waals surface area contributed by atoms with Gasteiger partial charge in [0, 0.05) is 19.2 Å². The summed E-state index contributed by atoms with van der Waals surface area (Å²) in [5, 5.41) is 10.7. The molecule has 22 heavy (non-hydrogen) atoms. The Morgan fingerprint density at radius 2 is 1.50 bits per heavy atom. The summed E-state index contributed by atoms with van der Waals surface area (Å²) in [4.78, 5) is 24.9. The van der Waals surface area contributed by atoms with Crippen LogP contribution in [0, 0.1) is 0 Å². The van der Waals surface area contributed by atoms with Crippen molar-refractivity contribution in [2.75, 3.05) is 13.7 Å². The summed E-state index contributed by atoms with van der Waals surface area (Å²) in [6.07, 6.45) is 0.727. The zero-order valence-corrected chi connectivity index (χ0v) is 12.2. The second-order valence-electron chi connectivity index (χ2n) is 5.20. The molecule has 0 saturated heterocycles. The summed E-state index contributed by atoms with van der Waals surface area (Å²) < 4.78 is 3.68. The molecular formula is C17H16NO4+. The molecule has 2 aromatic carbocycles. The molecule has 0 radical (unpaired) electrons. The zero-order chi connectivity index (χ0) is 15.7. The molecule has 0 aromatic heterocycles. The van der Waals surface area contributed by atoms with Crippen molar-refractivity contribution in [3.05, 3.63) is 65.2 Å². The molecule has 0 unspecified atom stereocenters. The van der Waals surface area contributed by atoms with E-state index in [9.17, 15) is 14.8 Å². The van der Waals surface area contributed by atoms with Crippen LogP contribution in [0.3, 0.4) is 0 Å². The van der Waals surface area contributed by atoms with E-state index >= 15 is 0 Å². The van der Waals surface area contributed by atoms with Crippen molar-refractivity contribution in [3.63, 3.8) is 0 Å². The number of carbonyl (C=O) groups is 2. The minimum absolute atomic E-state index is 0.243. The lowest BCUT2D eigenvalue weighted by molar-refractivity contribution is -0.0278. The van der Waals surface area contributed by atoms with Gasteiger partial charge in [0.05, 0.1) is 6.61 Å². The first-order valence-corrected chi connectivity index (χ1v) is 6.98. The number of ether oxygens (including phenoxy) is 1. The number of hydrogen-bond acceptors (Lipinski definition) is 4. The van der Waals surface area contributed by atoms with E-state index in [4.69, 9.17) is 4.74 Å². The summed E-state index contributed by atoms with van der Waals surface area (Å²) in [5.41, 5.74) is 1.75. The average Bonchev–Trinajstić information content (AvgIpc) is 2.76. The highest BCUT2D eigenvalue weighted by Crippen LogP contribution is 2.34. The van der Waals surface area contributed by atoms with Crippen LogP contribution in [0.2, 0.25) is 0 Å². The van der Waals surface area contributed by atoms with Gasteiger partial charge < -0.3 is 4.74 Å². The lowest BCUT2D eigenvalue weighted by Gasteiger charge is -2.18. The molecule has 3 rings (SSSR count). The van der Waals surface area contributed by atoms with E-state index in [0.29, 0.717) is 6.61 Å². The maximum absolute atomic E-state index is 12.5. The first-order chi connectivity index (χ1) is 10.6. The number of amides is 2. The third kappa shape index (κ3) is 2.07. The van der Waals surface area contributed by atoms with Crippen LogP contribution in [0.4, 0.5) is 5.69 Å². The first kappa shape index (κ1) is 14.6. The zero-order valence-electron chi connectivity index (χ0n) is 12.2. The fourth-order valence-corrected chi connectivity index (χ4v) is 2.63. The van der Waals surface area contributed by atoms with Crippen molar-refractivity contribution in [2.24, 2.45) is 0 Å². The van der Waals surface area contributed by atoms with Crippen LogP contribution in [-0.2, 0) is 11.2 Å². The molecule has 0 fully saturated rings. The molecule has 1 heterocycles. The predicted octanol–water partition coefficient (Wildman–Crippen LogP) is 2.57. The highest BCUT2D eigenvalue weighted by molar-refractivity contribution is 6.28. The smallest absolute Gasteiger partial charge is 0.384 e. The Bertz CT molecular complexity index is 702. The van der Waals surface area contributed by atoms with Crippen LogP contribution in [-0.4, -0.2) is 30.7 Å². The summed E-state index contributed by atoms with van der Waals surface area (Å²) >= 11 is 0. The van der Waals surface area contributed by atoms with Crippen molar-refractivity contribution in [3.8, 4) is 0 Å². The van der Waals surface area contributed by atoms with Gasteiger partial charge in [0.25, 0.3) is 0 Å². The Morgan fingerprint density at radius 3 is 2.00 bits per heavy atom. The number of quaternary nitrogens is 1. The highest BCUT2D eigenvalue weighted by atomic mass is 16.6. The van der Waals surface area contributed by atoms with Gasteiger partial charge in [0.15, 0.2) is 5.69 Å². The highest BCUT2D eigenvalue weighted by Gasteiger charge is 2.56. The average molecular weight is 298 g/mol. The summed E-state index contributed by atoms with van der Waals surface area (Å²) in [6.45, 7) is 0.585. The lowest BCUT2D eigenvalue weighted by Crippen LogP contribution is -2.51. The summed E-state index contributed by atoms with van der Waals surface area (Å²) in [5.74, 6) is -1.24. The van der Waals surface area contributed by atoms with Crippen molar-refractivity contribution >= 4 is 17.5 Å². The van der Waals surface area contributed by atoms with Gasteiger partial charge in [-0.2, -0.15) is 5.21 Å². The van der Waals surface area contributed by atoms with Gasteiger partial charge in [-0.25, -0.2) is 9.59 Å². The quantitative estimate of drug-likeness (QED) is 0.535. The normalized spacial score (nSPS) is 15.9. The number of hydrogen-bond donors (Lipinski definition) is 1. The molecule has 1 aliphatic heterocycles. The van der Waals surface area contributed by atoms with E-state index in [1.54, 1.807) is 55.6 Å². The Kier molecular flexibility index (Phi) is 3.62. The van der Waals surface area contributed by atoms with E-state index in [-0.39, 0.29) is 16.8 Å². The number of nitrogens with zero attached hydrogens (tertiary/aromatic N) is 1. The summed E-state index contributed by atoms with van der Waals surface area (Å²) in [6, 6.07) is 13.2. The first-order valence-electron chi connectivity index (χ1n) is 6.98. The van der Waals surface area contributed by atoms with Crippen LogP contribution in [0.5, 0.6) is 0 Å². The predicted molar refractivity (Wildman–Crippen MR) is 80.7 cm³/mol. The molecule has 1 aliphatic rings. The molecule has 0 bridgehead atoms. The SMILES string of the molecule is COCCc1ccc([N+]2(O)C(=O)c3ccccc3C2=O)cc1. The molecule has 0 saturated carbocycles. The van der Waals surface area contributed by atoms with Gasteiger partial charge in [0.2, 0.25) is 0 Å². The molecule has 5 heteroatoms. The number of hydroxylamine groups is 2. The van der Waals surface area contributed by atoms with Gasteiger partial charge in [0.1, 0.15) is 11.1 Å². The van der Waals surface area contributed by atoms with E-state index in [0.717, 1.165) is 12.0 Å². The minimum atomic E-state index is -1.33. The van der Waals surface area contributed by atoms with Crippen molar-refractivity contribution in [1.29, 1.82) is 0 Å². The minimum Gasteiger partial charge on any atom is -0.384 e. The number of rotatable bonds is 4. The Labute approximate surface area is 127 Å². The van der Waals surface area contributed by atoms with Gasteiger partial charge >= 0.3 is 11.8 Å². The number of fused-ring (bicyclic) bond motifs is 1. The van der Waals surface area contributed by atoms with Crippen LogP contribution in [0.1, 0.15) is 26.3 Å². The van der Waals surface area contributed by atoms with E-state index < -0.39 is 16.5 Å². The van der Waals surface area contributed by atoms with Gasteiger partial charge in [-0.15, -0.1) is 0 Å². The Hall–Kier alpha value is -2.34. The van der Waals surface area contributed by atoms with E-state index in [1.807, 2.05) is 0 Å². The fraction of sp³-hybridized carbons (Fsp3) is 0.176. The number of imide groups is 1. The third-order valence-electron chi connectivity index (χ3n) is 3.88. The largest absolute Gasteiger partial charge is 0.392 e. The standard InChI is InChI=1S/C17H16NO4/c1-22-11-10-12-6-8-13(9-7-12)18(21)16(19)14-4-2-3-5-15(14)17(18)20/h2-9,21H,10-11H2,1H3/q+1. The van der Waals surface area contributed by atoms with Crippen LogP contribution >= 0.6 is 0 Å². The molecule has 112 valence electrons. The van der Waals surface area contributed by atoms with Crippen molar-refractivity contribution in [2.45, 2.75) is 6.42 Å². The molecule has 1 N–H and O–H groups in total. The van der Waals surface area contributed by atoms with Gasteiger partial charge in [-0.05, 0) is 28.8 Å². The molecule has 5 nitrogen and oxygen atoms in total. The fourth-order valence-electron chi connectivity index (χ4n) is 2.63. The van der Waals surface area contributed by atoms with Crippen molar-refractivity contribution < 1.29 is 19.5 Å². The second-order valence-corrected chi connectivity index (χ2v) is 5.20. The molecule has 0 atom stereocenters. The molecular weight excluding hydrogens is 282 g/mol. The maximum atomic E-state index is 12.5. The molecule has 0 aliphatic carbocycles. The molecule has 2 amide bonds. The lowest BCUT2D eigenvalue weighted by atomic mass is 10.1.